The van der Waals surface area contributed by atoms with Crippen molar-refractivity contribution in [2.24, 2.45) is 0 Å². The maximum absolute atomic E-state index is 12.5. The second-order valence-corrected chi connectivity index (χ2v) is 7.40. The van der Waals surface area contributed by atoms with Crippen molar-refractivity contribution in [3.8, 4) is 5.75 Å². The van der Waals surface area contributed by atoms with Crippen LogP contribution in [-0.4, -0.2) is 26.7 Å². The largest absolute Gasteiger partial charge is 0.610 e. The molecule has 1 amide bonds. The van der Waals surface area contributed by atoms with Gasteiger partial charge in [0.1, 0.15) is 11.0 Å². The van der Waals surface area contributed by atoms with Gasteiger partial charge in [-0.1, -0.05) is 11.3 Å². The zero-order valence-corrected chi connectivity index (χ0v) is 14.2. The van der Waals surface area contributed by atoms with Gasteiger partial charge in [-0.05, 0) is 38.0 Å². The predicted molar refractivity (Wildman–Crippen MR) is 89.4 cm³/mol. The summed E-state index contributed by atoms with van der Waals surface area (Å²) in [5.74, 6) is -2.25. The number of carbonyl (C=O) groups excluding carboxylic acids is 2. The van der Waals surface area contributed by atoms with Crippen LogP contribution in [0.5, 0.6) is 5.75 Å². The molecule has 0 radical (unpaired) electrons. The highest BCUT2D eigenvalue weighted by atomic mass is 32.2. The molecule has 1 aromatic heterocycles. The summed E-state index contributed by atoms with van der Waals surface area (Å²) >= 11 is -0.305. The molecule has 1 unspecified atom stereocenters. The monoisotopic (exact) mass is 356 g/mol. The van der Waals surface area contributed by atoms with E-state index in [2.05, 4.69) is 10.3 Å². The fraction of sp³-hybridized carbons (Fsp3) is 0.267. The summed E-state index contributed by atoms with van der Waals surface area (Å²) in [6.07, 6.45) is 0. The smallest absolute Gasteiger partial charge is 0.308 e. The molecular weight excluding hydrogens is 336 g/mol. The number of ether oxygens (including phenoxy) is 1. The van der Waals surface area contributed by atoms with Gasteiger partial charge < -0.3 is 9.29 Å². The van der Waals surface area contributed by atoms with Crippen LogP contribution < -0.4 is 10.1 Å². The molecule has 6 nitrogen and oxygen atoms in total. The number of hydrogen-bond donors (Lipinski definition) is 1. The SMILES string of the molecule is [2H]c1c([2H])c(C(=O)Nc2nc([S+]([O-])C(C)C)cs2)c([2H])c([2H])c1OC(C)=O. The van der Waals surface area contributed by atoms with Gasteiger partial charge in [-0.3, -0.25) is 14.9 Å². The second-order valence-electron chi connectivity index (χ2n) is 4.59. The van der Waals surface area contributed by atoms with E-state index in [0.29, 0.717) is 5.03 Å². The van der Waals surface area contributed by atoms with Crippen LogP contribution in [0.2, 0.25) is 0 Å². The summed E-state index contributed by atoms with van der Waals surface area (Å²) in [5.41, 5.74) is -0.511. The number of hydrogen-bond acceptors (Lipinski definition) is 6. The number of rotatable bonds is 5. The number of nitrogens with zero attached hydrogens (tertiary/aromatic N) is 1. The second kappa shape index (κ2) is 7.58. The zero-order valence-electron chi connectivity index (χ0n) is 16.6. The predicted octanol–water partition coefficient (Wildman–Crippen LogP) is 2.84. The highest BCUT2D eigenvalue weighted by Crippen LogP contribution is 2.23. The standard InChI is InChI=1S/C15H16N2O4S2/c1-9(2)23(20)13-8-22-15(16-13)17-14(19)11-4-6-12(7-5-11)21-10(3)18/h4-9H,1-3H3,(H,16,17,19)/i4D,5D,6D,7D. The maximum Gasteiger partial charge on any atom is 0.308 e. The lowest BCUT2D eigenvalue weighted by Crippen LogP contribution is -2.15. The highest BCUT2D eigenvalue weighted by Gasteiger charge is 2.20. The number of thiazole rings is 1. The van der Waals surface area contributed by atoms with Gasteiger partial charge in [-0.2, -0.15) is 4.98 Å². The Morgan fingerprint density at radius 1 is 1.39 bits per heavy atom. The number of benzene rings is 1. The fourth-order valence-corrected chi connectivity index (χ4v) is 3.23. The lowest BCUT2D eigenvalue weighted by atomic mass is 10.2. The quantitative estimate of drug-likeness (QED) is 0.505. The van der Waals surface area contributed by atoms with Crippen molar-refractivity contribution in [1.82, 2.24) is 4.98 Å². The van der Waals surface area contributed by atoms with E-state index in [4.69, 9.17) is 10.2 Å². The maximum atomic E-state index is 12.5. The van der Waals surface area contributed by atoms with Crippen molar-refractivity contribution in [2.45, 2.75) is 31.0 Å². The first-order chi connectivity index (χ1) is 12.5. The van der Waals surface area contributed by atoms with E-state index in [-0.39, 0.29) is 10.4 Å². The molecule has 1 aromatic carbocycles. The molecule has 0 saturated carbocycles. The first kappa shape index (κ1) is 12.5. The van der Waals surface area contributed by atoms with Crippen LogP contribution in [0.3, 0.4) is 0 Å². The van der Waals surface area contributed by atoms with Gasteiger partial charge >= 0.3 is 5.97 Å². The molecule has 2 aromatic rings. The van der Waals surface area contributed by atoms with E-state index in [0.717, 1.165) is 18.3 Å². The van der Waals surface area contributed by atoms with E-state index in [1.54, 1.807) is 13.8 Å². The Morgan fingerprint density at radius 3 is 2.61 bits per heavy atom. The number of esters is 1. The molecule has 2 rings (SSSR count). The van der Waals surface area contributed by atoms with Crippen LogP contribution >= 0.6 is 11.3 Å². The number of amides is 1. The Labute approximate surface area is 146 Å². The van der Waals surface area contributed by atoms with Crippen LogP contribution in [0, 0.1) is 0 Å². The van der Waals surface area contributed by atoms with Crippen LogP contribution in [0.4, 0.5) is 5.13 Å². The normalized spacial score (nSPS) is 14.5. The number of nitrogens with one attached hydrogen (secondary N) is 1. The number of carbonyl (C=O) groups is 2. The van der Waals surface area contributed by atoms with Gasteiger partial charge in [0.25, 0.3) is 10.9 Å². The Morgan fingerprint density at radius 2 is 2.04 bits per heavy atom. The lowest BCUT2D eigenvalue weighted by molar-refractivity contribution is -0.131. The van der Waals surface area contributed by atoms with Gasteiger partial charge in [-0.15, -0.1) is 0 Å². The minimum absolute atomic E-state index is 0.116. The molecule has 0 spiro atoms. The van der Waals surface area contributed by atoms with E-state index < -0.39 is 58.5 Å². The average Bonchev–Trinajstić information content (AvgIpc) is 3.04. The third-order valence-electron chi connectivity index (χ3n) is 2.41. The fourth-order valence-electron chi connectivity index (χ4n) is 1.42. The molecule has 1 heterocycles. The molecule has 122 valence electrons. The number of anilines is 1. The van der Waals surface area contributed by atoms with Gasteiger partial charge in [0.2, 0.25) is 0 Å². The van der Waals surface area contributed by atoms with Gasteiger partial charge in [0.15, 0.2) is 5.13 Å². The Hall–Kier alpha value is -1.90. The lowest BCUT2D eigenvalue weighted by Gasteiger charge is -2.10. The van der Waals surface area contributed by atoms with E-state index >= 15 is 0 Å². The molecule has 0 bridgehead atoms. The summed E-state index contributed by atoms with van der Waals surface area (Å²) in [6, 6.07) is -2.58. The summed E-state index contributed by atoms with van der Waals surface area (Å²) < 4.78 is 48.3. The summed E-state index contributed by atoms with van der Waals surface area (Å²) in [4.78, 5) is 27.6. The molecule has 1 atom stereocenters. The van der Waals surface area contributed by atoms with Crippen molar-refractivity contribution in [2.75, 3.05) is 5.32 Å². The minimum atomic E-state index is -1.33. The van der Waals surface area contributed by atoms with E-state index in [9.17, 15) is 14.1 Å². The zero-order chi connectivity index (χ0) is 20.5. The van der Waals surface area contributed by atoms with Crippen molar-refractivity contribution >= 4 is 39.5 Å². The van der Waals surface area contributed by atoms with Crippen LogP contribution in [0.25, 0.3) is 0 Å². The van der Waals surface area contributed by atoms with Crippen LogP contribution in [0.15, 0.2) is 34.6 Å². The Balaban J connectivity index is 2.36. The Kier molecular flexibility index (Phi) is 4.12. The van der Waals surface area contributed by atoms with Crippen LogP contribution in [-0.2, 0) is 16.0 Å². The molecule has 0 saturated heterocycles. The van der Waals surface area contributed by atoms with Gasteiger partial charge in [0, 0.05) is 23.7 Å². The minimum Gasteiger partial charge on any atom is -0.610 e. The van der Waals surface area contributed by atoms with Crippen LogP contribution in [0.1, 0.15) is 36.6 Å². The average molecular weight is 356 g/mol. The number of aromatic nitrogens is 1. The Bertz CT molecular complexity index is 875. The topological polar surface area (TPSA) is 91.3 Å². The molecule has 1 N–H and O–H groups in total. The van der Waals surface area contributed by atoms with Crippen molar-refractivity contribution in [3.05, 3.63) is 35.1 Å². The molecule has 8 heteroatoms. The first-order valence-electron chi connectivity index (χ1n) is 8.50. The van der Waals surface area contributed by atoms with Crippen molar-refractivity contribution in [1.29, 1.82) is 0 Å². The summed E-state index contributed by atoms with van der Waals surface area (Å²) in [7, 11) is 0. The molecule has 0 fully saturated rings. The molecular formula is C15H16N2O4S2. The molecule has 0 aliphatic carbocycles. The first-order valence-corrected chi connectivity index (χ1v) is 8.60. The third kappa shape index (κ3) is 4.78. The van der Waals surface area contributed by atoms with Gasteiger partial charge in [-0.25, -0.2) is 0 Å². The summed E-state index contributed by atoms with van der Waals surface area (Å²) in [5, 5.41) is 4.19. The van der Waals surface area contributed by atoms with Crippen molar-refractivity contribution < 1.29 is 24.4 Å². The molecule has 0 aliphatic heterocycles. The highest BCUT2D eigenvalue weighted by molar-refractivity contribution is 7.92. The van der Waals surface area contributed by atoms with Gasteiger partial charge in [0.05, 0.1) is 10.9 Å². The molecule has 0 aliphatic rings. The molecule has 23 heavy (non-hydrogen) atoms. The summed E-state index contributed by atoms with van der Waals surface area (Å²) in [6.45, 7) is 4.60. The third-order valence-corrected chi connectivity index (χ3v) is 4.80. The van der Waals surface area contributed by atoms with E-state index in [1.165, 1.54) is 5.38 Å². The van der Waals surface area contributed by atoms with Crippen molar-refractivity contribution in [3.63, 3.8) is 0 Å². The van der Waals surface area contributed by atoms with E-state index in [1.807, 2.05) is 0 Å².